The van der Waals surface area contributed by atoms with Gasteiger partial charge in [-0.05, 0) is 30.5 Å². The van der Waals surface area contributed by atoms with Crippen LogP contribution in [-0.4, -0.2) is 56.3 Å². The fourth-order valence-electron chi connectivity index (χ4n) is 4.80. The van der Waals surface area contributed by atoms with Crippen molar-refractivity contribution in [1.82, 2.24) is 24.6 Å². The van der Waals surface area contributed by atoms with Crippen molar-refractivity contribution < 1.29 is 9.53 Å². The molecule has 5 rings (SSSR count). The normalized spacial score (nSPS) is 19.9. The molecule has 2 aromatic heterocycles. The van der Waals surface area contributed by atoms with Gasteiger partial charge in [-0.15, -0.1) is 0 Å². The lowest BCUT2D eigenvalue weighted by atomic mass is 9.91. The van der Waals surface area contributed by atoms with Crippen LogP contribution < -0.4 is 21.1 Å². The molecule has 10 nitrogen and oxygen atoms in total. The predicted molar refractivity (Wildman–Crippen MR) is 134 cm³/mol. The van der Waals surface area contributed by atoms with E-state index in [1.54, 1.807) is 18.0 Å². The summed E-state index contributed by atoms with van der Waals surface area (Å²) in [6, 6.07) is 7.97. The fourth-order valence-corrected chi connectivity index (χ4v) is 4.80. The Balaban J connectivity index is 1.44. The highest BCUT2D eigenvalue weighted by molar-refractivity contribution is 6.01. The number of rotatable bonds is 7. The second-order valence-corrected chi connectivity index (χ2v) is 9.27. The van der Waals surface area contributed by atoms with E-state index in [0.717, 1.165) is 48.4 Å². The lowest BCUT2D eigenvalue weighted by Crippen LogP contribution is -2.43. The zero-order chi connectivity index (χ0) is 24.4. The van der Waals surface area contributed by atoms with Gasteiger partial charge in [-0.1, -0.05) is 25.0 Å². The average Bonchev–Trinajstić information content (AvgIpc) is 3.27. The van der Waals surface area contributed by atoms with Crippen LogP contribution in [0.2, 0.25) is 0 Å². The molecule has 0 bridgehead atoms. The second kappa shape index (κ2) is 9.91. The molecule has 10 heteroatoms. The van der Waals surface area contributed by atoms with E-state index in [1.165, 1.54) is 0 Å². The average molecular weight is 477 g/mol. The Morgan fingerprint density at radius 2 is 1.97 bits per heavy atom. The van der Waals surface area contributed by atoms with Gasteiger partial charge in [-0.2, -0.15) is 10.1 Å². The van der Waals surface area contributed by atoms with Crippen LogP contribution in [0.25, 0.3) is 0 Å². The summed E-state index contributed by atoms with van der Waals surface area (Å²) < 4.78 is 6.95. The Morgan fingerprint density at radius 1 is 1.17 bits per heavy atom. The van der Waals surface area contributed by atoms with Crippen LogP contribution in [0.4, 0.5) is 17.5 Å². The minimum Gasteiger partial charge on any atom is -0.497 e. The van der Waals surface area contributed by atoms with E-state index in [9.17, 15) is 4.79 Å². The molecule has 0 radical (unpaired) electrons. The molecule has 1 aromatic carbocycles. The highest BCUT2D eigenvalue weighted by atomic mass is 16.5. The van der Waals surface area contributed by atoms with Gasteiger partial charge in [-0.25, -0.2) is 4.98 Å². The number of nitrogens with two attached hydrogens (primary N) is 1. The topological polar surface area (TPSA) is 123 Å². The molecule has 3 heterocycles. The molecule has 0 unspecified atom stereocenters. The number of hydrogen-bond acceptors (Lipinski definition) is 8. The number of amides is 1. The maximum Gasteiger partial charge on any atom is 0.259 e. The number of aromatic nitrogens is 4. The molecule has 35 heavy (non-hydrogen) atoms. The number of anilines is 3. The van der Waals surface area contributed by atoms with Crippen LogP contribution >= 0.6 is 0 Å². The van der Waals surface area contributed by atoms with Crippen LogP contribution in [0.1, 0.15) is 47.3 Å². The smallest absolute Gasteiger partial charge is 0.259 e. The van der Waals surface area contributed by atoms with Gasteiger partial charge < -0.3 is 26.0 Å². The van der Waals surface area contributed by atoms with E-state index in [-0.39, 0.29) is 18.0 Å². The molecule has 1 aliphatic heterocycles. The van der Waals surface area contributed by atoms with Crippen molar-refractivity contribution in [2.24, 2.45) is 12.8 Å². The fraction of sp³-hybridized carbons (Fsp3) is 0.440. The zero-order valence-corrected chi connectivity index (χ0v) is 20.2. The van der Waals surface area contributed by atoms with Crippen LogP contribution in [0.5, 0.6) is 5.75 Å². The number of nitrogens with one attached hydrogen (secondary N) is 2. The molecule has 1 amide bonds. The number of carbonyl (C=O) groups excluding carboxylic acids is 1. The Hall–Kier alpha value is -3.66. The van der Waals surface area contributed by atoms with Crippen molar-refractivity contribution in [3.63, 3.8) is 0 Å². The summed E-state index contributed by atoms with van der Waals surface area (Å²) in [5.74, 6) is 1.70. The summed E-state index contributed by atoms with van der Waals surface area (Å²) in [5.41, 5.74) is 9.39. The third kappa shape index (κ3) is 5.07. The molecule has 0 saturated heterocycles. The largest absolute Gasteiger partial charge is 0.497 e. The lowest BCUT2D eigenvalue weighted by Gasteiger charge is -2.31. The number of carbonyl (C=O) groups is 1. The molecule has 2 atom stereocenters. The van der Waals surface area contributed by atoms with Crippen molar-refractivity contribution in [1.29, 1.82) is 0 Å². The number of hydrogen-bond donors (Lipinski definition) is 3. The van der Waals surface area contributed by atoms with Crippen molar-refractivity contribution >= 4 is 23.4 Å². The summed E-state index contributed by atoms with van der Waals surface area (Å²) in [6.45, 7) is 1.09. The highest BCUT2D eigenvalue weighted by Crippen LogP contribution is 2.30. The first-order valence-corrected chi connectivity index (χ1v) is 12.1. The Kier molecular flexibility index (Phi) is 6.54. The third-order valence-corrected chi connectivity index (χ3v) is 6.74. The van der Waals surface area contributed by atoms with Crippen LogP contribution in [-0.2, 0) is 20.0 Å². The summed E-state index contributed by atoms with van der Waals surface area (Å²) in [4.78, 5) is 25.0. The number of nitrogens with zero attached hydrogens (tertiary/aromatic N) is 5. The Labute approximate surface area is 204 Å². The first kappa shape index (κ1) is 23.1. The predicted octanol–water partition coefficient (Wildman–Crippen LogP) is 2.84. The number of fused-ring (bicyclic) bond motifs is 1. The second-order valence-electron chi connectivity index (χ2n) is 9.27. The van der Waals surface area contributed by atoms with E-state index < -0.39 is 0 Å². The van der Waals surface area contributed by atoms with Crippen molar-refractivity contribution in [2.75, 3.05) is 24.3 Å². The quantitative estimate of drug-likeness (QED) is 0.476. The summed E-state index contributed by atoms with van der Waals surface area (Å²) in [6.07, 6.45) is 8.46. The third-order valence-electron chi connectivity index (χ3n) is 6.74. The van der Waals surface area contributed by atoms with E-state index in [0.29, 0.717) is 36.8 Å². The van der Waals surface area contributed by atoms with Crippen LogP contribution in [0.3, 0.4) is 0 Å². The van der Waals surface area contributed by atoms with Crippen molar-refractivity contribution in [3.05, 3.63) is 53.5 Å². The summed E-state index contributed by atoms with van der Waals surface area (Å²) in [5, 5.41) is 11.0. The van der Waals surface area contributed by atoms with Crippen molar-refractivity contribution in [2.45, 2.75) is 50.7 Å². The number of methoxy groups -OCH3 is 1. The Bertz CT molecular complexity index is 1190. The van der Waals surface area contributed by atoms with Gasteiger partial charge in [0.1, 0.15) is 17.1 Å². The molecule has 2 aliphatic rings. The summed E-state index contributed by atoms with van der Waals surface area (Å²) >= 11 is 0. The van der Waals surface area contributed by atoms with Gasteiger partial charge in [0, 0.05) is 44.8 Å². The molecule has 1 saturated carbocycles. The first-order chi connectivity index (χ1) is 17.0. The van der Waals surface area contributed by atoms with E-state index >= 15 is 0 Å². The molecular formula is C25H32N8O2. The monoisotopic (exact) mass is 476 g/mol. The van der Waals surface area contributed by atoms with Gasteiger partial charge in [0.05, 0.1) is 24.7 Å². The van der Waals surface area contributed by atoms with Crippen LogP contribution in [0, 0.1) is 0 Å². The molecule has 1 fully saturated rings. The zero-order valence-electron chi connectivity index (χ0n) is 20.2. The minimum absolute atomic E-state index is 0.0692. The molecule has 0 spiro atoms. The molecule has 3 aromatic rings. The number of aryl methyl sites for hydroxylation is 1. The first-order valence-electron chi connectivity index (χ1n) is 12.1. The number of ether oxygens (including phenoxy) is 1. The molecule has 4 N–H and O–H groups in total. The van der Waals surface area contributed by atoms with Gasteiger partial charge in [0.25, 0.3) is 5.91 Å². The van der Waals surface area contributed by atoms with Crippen molar-refractivity contribution in [3.8, 4) is 5.75 Å². The van der Waals surface area contributed by atoms with Gasteiger partial charge in [0.2, 0.25) is 5.95 Å². The van der Waals surface area contributed by atoms with Gasteiger partial charge in [-0.3, -0.25) is 9.48 Å². The maximum atomic E-state index is 13.6. The number of benzene rings is 1. The highest BCUT2D eigenvalue weighted by Gasteiger charge is 2.31. The van der Waals surface area contributed by atoms with Crippen LogP contribution in [0.15, 0.2) is 36.7 Å². The minimum atomic E-state index is -0.0885. The standard InChI is InChI=1S/C25H32N8O2/c1-32-15-17(13-27-32)28-23-22-21(30-25(31-23)29-20-6-4-3-5-19(20)26)11-12-33(24(22)34)14-16-7-9-18(35-2)10-8-16/h7-10,13,15,19-20H,3-6,11-12,14,26H2,1-2H3,(H2,28,29,30,31)/t19-,20+/m0/s1. The SMILES string of the molecule is COc1ccc(CN2CCc3nc(N[C@@H]4CCCC[C@@H]4N)nc(Nc4cnn(C)c4)c3C2=O)cc1. The summed E-state index contributed by atoms with van der Waals surface area (Å²) in [7, 11) is 3.49. The van der Waals surface area contributed by atoms with E-state index in [1.807, 2.05) is 42.4 Å². The van der Waals surface area contributed by atoms with E-state index in [4.69, 9.17) is 20.4 Å². The Morgan fingerprint density at radius 3 is 2.69 bits per heavy atom. The molecule has 1 aliphatic carbocycles. The maximum absolute atomic E-state index is 13.6. The molecule has 184 valence electrons. The van der Waals surface area contributed by atoms with Gasteiger partial charge >= 0.3 is 0 Å². The molecular weight excluding hydrogens is 444 g/mol. The van der Waals surface area contributed by atoms with Gasteiger partial charge in [0.15, 0.2) is 0 Å². The lowest BCUT2D eigenvalue weighted by molar-refractivity contribution is 0.0726. The van der Waals surface area contributed by atoms with E-state index in [2.05, 4.69) is 15.7 Å².